The molecular weight excluding hydrogens is 378 g/mol. The first-order valence-corrected chi connectivity index (χ1v) is 5.62. The third kappa shape index (κ3) is 3.50. The highest BCUT2D eigenvalue weighted by atomic mass is 19.4. The molecule has 0 amide bonds. The Labute approximate surface area is 126 Å². The van der Waals surface area contributed by atoms with E-state index in [1.54, 1.807) is 0 Å². The molecular formula is C10H7F12NO. The van der Waals surface area contributed by atoms with Crippen LogP contribution in [0.15, 0.2) is 0 Å². The van der Waals surface area contributed by atoms with E-state index in [1.807, 2.05) is 0 Å². The number of alkyl halides is 12. The maximum absolute atomic E-state index is 13.1. The molecule has 142 valence electrons. The Kier molecular flexibility index (Phi) is 6.45. The quantitative estimate of drug-likeness (QED) is 0.437. The zero-order valence-corrected chi connectivity index (χ0v) is 11.1. The minimum absolute atomic E-state index is 0.669. The minimum atomic E-state index is -7.55. The summed E-state index contributed by atoms with van der Waals surface area (Å²) in [6, 6.07) is 1.27. The van der Waals surface area contributed by atoms with Gasteiger partial charge < -0.3 is 4.74 Å². The van der Waals surface area contributed by atoms with Gasteiger partial charge in [0.05, 0.1) is 19.1 Å². The van der Waals surface area contributed by atoms with Crippen molar-refractivity contribution in [3.8, 4) is 6.07 Å². The fourth-order valence-electron chi connectivity index (χ4n) is 1.18. The molecule has 0 saturated heterocycles. The number of nitrogens with zero attached hydrogens (tertiary/aromatic N) is 1. The predicted molar refractivity (Wildman–Crippen MR) is 51.8 cm³/mol. The van der Waals surface area contributed by atoms with Crippen molar-refractivity contribution in [2.75, 3.05) is 13.2 Å². The molecule has 0 aliphatic rings. The molecule has 0 aromatic carbocycles. The van der Waals surface area contributed by atoms with Crippen LogP contribution in [0.25, 0.3) is 0 Å². The van der Waals surface area contributed by atoms with Crippen molar-refractivity contribution in [2.24, 2.45) is 0 Å². The molecule has 0 radical (unpaired) electrons. The lowest BCUT2D eigenvalue weighted by molar-refractivity contribution is -0.415. The van der Waals surface area contributed by atoms with Gasteiger partial charge in [0.25, 0.3) is 0 Å². The van der Waals surface area contributed by atoms with Crippen molar-refractivity contribution >= 4 is 0 Å². The van der Waals surface area contributed by atoms with Crippen LogP contribution in [-0.2, 0) is 4.74 Å². The Morgan fingerprint density at radius 3 is 1.62 bits per heavy atom. The summed E-state index contributed by atoms with van der Waals surface area (Å²) in [6.45, 7) is -3.63. The molecule has 0 bridgehead atoms. The first-order valence-electron chi connectivity index (χ1n) is 5.62. The van der Waals surface area contributed by atoms with E-state index < -0.39 is 55.7 Å². The van der Waals surface area contributed by atoms with Crippen LogP contribution in [0.3, 0.4) is 0 Å². The molecule has 0 spiro atoms. The van der Waals surface area contributed by atoms with Crippen LogP contribution in [0.1, 0.15) is 6.42 Å². The Morgan fingerprint density at radius 2 is 1.25 bits per heavy atom. The normalized spacial score (nSPS) is 14.8. The molecule has 0 aliphatic heterocycles. The van der Waals surface area contributed by atoms with Crippen molar-refractivity contribution in [1.29, 1.82) is 5.26 Å². The van der Waals surface area contributed by atoms with Crippen LogP contribution in [0.4, 0.5) is 52.7 Å². The third-order valence-electron chi connectivity index (χ3n) is 2.58. The second kappa shape index (κ2) is 6.85. The predicted octanol–water partition coefficient (Wildman–Crippen LogP) is 4.36. The smallest absolute Gasteiger partial charge is 0.374 e. The lowest BCUT2D eigenvalue weighted by atomic mass is 9.94. The Bertz CT molecular complexity index is 469. The fraction of sp³-hybridized carbons (Fsp3) is 0.900. The monoisotopic (exact) mass is 385 g/mol. The molecule has 0 saturated carbocycles. The molecule has 0 aromatic heterocycles. The highest BCUT2D eigenvalue weighted by molar-refractivity contribution is 5.09. The van der Waals surface area contributed by atoms with E-state index >= 15 is 0 Å². The molecule has 0 atom stereocenters. The summed E-state index contributed by atoms with van der Waals surface area (Å²) in [5.41, 5.74) is 0. The highest BCUT2D eigenvalue weighted by Crippen LogP contribution is 2.58. The summed E-state index contributed by atoms with van der Waals surface area (Å²) in [5, 5.41) is 7.99. The highest BCUT2D eigenvalue weighted by Gasteiger charge is 2.87. The lowest BCUT2D eigenvalue weighted by Gasteiger charge is -2.39. The maximum atomic E-state index is 13.1. The lowest BCUT2D eigenvalue weighted by Crippen LogP contribution is -2.69. The van der Waals surface area contributed by atoms with Gasteiger partial charge in [-0.2, -0.15) is 49.2 Å². The van der Waals surface area contributed by atoms with Gasteiger partial charge in [-0.3, -0.25) is 0 Å². The number of nitriles is 1. The van der Waals surface area contributed by atoms with Gasteiger partial charge >= 0.3 is 36.0 Å². The van der Waals surface area contributed by atoms with Crippen LogP contribution in [0.5, 0.6) is 0 Å². The van der Waals surface area contributed by atoms with E-state index in [2.05, 4.69) is 4.74 Å². The van der Waals surface area contributed by atoms with Gasteiger partial charge in [-0.15, -0.1) is 0 Å². The second-order valence-corrected chi connectivity index (χ2v) is 4.31. The molecule has 0 aromatic rings. The zero-order chi connectivity index (χ0) is 19.6. The minimum Gasteiger partial charge on any atom is -0.374 e. The average molecular weight is 385 g/mol. The Balaban J connectivity index is 5.68. The van der Waals surface area contributed by atoms with Crippen molar-refractivity contribution in [1.82, 2.24) is 0 Å². The topological polar surface area (TPSA) is 33.0 Å². The summed E-state index contributed by atoms with van der Waals surface area (Å²) < 4.78 is 156. The largest absolute Gasteiger partial charge is 0.384 e. The zero-order valence-electron chi connectivity index (χ0n) is 11.1. The number of ether oxygens (including phenoxy) is 1. The van der Waals surface area contributed by atoms with Gasteiger partial charge in [0.2, 0.25) is 0 Å². The van der Waals surface area contributed by atoms with Crippen LogP contribution in [0.2, 0.25) is 0 Å². The molecule has 0 unspecified atom stereocenters. The third-order valence-corrected chi connectivity index (χ3v) is 2.58. The number of halogens is 12. The van der Waals surface area contributed by atoms with E-state index in [0.29, 0.717) is 0 Å². The first kappa shape index (κ1) is 22.6. The molecule has 2 nitrogen and oxygen atoms in total. The molecule has 0 heterocycles. The summed E-state index contributed by atoms with van der Waals surface area (Å²) in [6.07, 6.45) is -6.20. The van der Waals surface area contributed by atoms with Gasteiger partial charge in [-0.25, -0.2) is 8.78 Å². The van der Waals surface area contributed by atoms with Crippen molar-refractivity contribution in [3.63, 3.8) is 0 Å². The second-order valence-electron chi connectivity index (χ2n) is 4.31. The van der Waals surface area contributed by atoms with Crippen LogP contribution in [0, 0.1) is 11.3 Å². The van der Waals surface area contributed by atoms with E-state index in [0.717, 1.165) is 0 Å². The summed E-state index contributed by atoms with van der Waals surface area (Å²) in [5.74, 6) is -35.4. The molecule has 14 heteroatoms. The van der Waals surface area contributed by atoms with Gasteiger partial charge in [0.15, 0.2) is 0 Å². The number of hydrogen-bond donors (Lipinski definition) is 0. The standard InChI is InChI=1S/C10H7F12NO/c11-5(12)7(15,16)9(19,20)10(21,22)8(17,18)6(13,14)4-24-3-1-2-23/h5H,1,3-4H2. The van der Waals surface area contributed by atoms with Crippen molar-refractivity contribution in [2.45, 2.75) is 42.5 Å². The van der Waals surface area contributed by atoms with E-state index in [1.165, 1.54) is 6.07 Å². The number of rotatable bonds is 9. The van der Waals surface area contributed by atoms with E-state index in [4.69, 9.17) is 5.26 Å². The van der Waals surface area contributed by atoms with Gasteiger partial charge in [0, 0.05) is 0 Å². The summed E-state index contributed by atoms with van der Waals surface area (Å²) >= 11 is 0. The maximum Gasteiger partial charge on any atom is 0.384 e. The summed E-state index contributed by atoms with van der Waals surface area (Å²) in [7, 11) is 0. The van der Waals surface area contributed by atoms with Crippen molar-refractivity contribution in [3.05, 3.63) is 0 Å². The molecule has 0 N–H and O–H groups in total. The molecule has 24 heavy (non-hydrogen) atoms. The summed E-state index contributed by atoms with van der Waals surface area (Å²) in [4.78, 5) is 0. The van der Waals surface area contributed by atoms with Crippen molar-refractivity contribution < 1.29 is 57.4 Å². The van der Waals surface area contributed by atoms with Crippen LogP contribution in [-0.4, -0.2) is 49.3 Å². The van der Waals surface area contributed by atoms with E-state index in [-0.39, 0.29) is 0 Å². The average Bonchev–Trinajstić information content (AvgIpc) is 2.42. The SMILES string of the molecule is N#CCCOCC(F)(F)C(F)(F)C(F)(F)C(F)(F)C(F)(F)C(F)F. The first-order chi connectivity index (χ1) is 10.5. The van der Waals surface area contributed by atoms with Gasteiger partial charge in [0.1, 0.15) is 6.61 Å². The molecule has 0 aliphatic carbocycles. The Morgan fingerprint density at radius 1 is 0.792 bits per heavy atom. The van der Waals surface area contributed by atoms with Gasteiger partial charge in [-0.1, -0.05) is 0 Å². The van der Waals surface area contributed by atoms with Crippen LogP contribution >= 0.6 is 0 Å². The Hall–Kier alpha value is -1.39. The number of hydrogen-bond acceptors (Lipinski definition) is 2. The fourth-order valence-corrected chi connectivity index (χ4v) is 1.18. The van der Waals surface area contributed by atoms with E-state index in [9.17, 15) is 52.7 Å². The molecule has 0 fully saturated rings. The molecule has 0 rings (SSSR count). The van der Waals surface area contributed by atoms with Crippen LogP contribution < -0.4 is 0 Å². The van der Waals surface area contributed by atoms with Gasteiger partial charge in [-0.05, 0) is 0 Å².